The maximum Gasteiger partial charge on any atom is 0.353 e. The Morgan fingerprint density at radius 2 is 2.27 bits per heavy atom. The molecule has 2 N–H and O–H groups in total. The van der Waals surface area contributed by atoms with Crippen molar-refractivity contribution in [3.8, 4) is 11.3 Å². The monoisotopic (exact) mass is 203 g/mol. The minimum atomic E-state index is -1.01. The number of H-pyrrole nitrogens is 1. The van der Waals surface area contributed by atoms with Gasteiger partial charge in [-0.2, -0.15) is 5.10 Å². The molecule has 0 unspecified atom stereocenters. The highest BCUT2D eigenvalue weighted by atomic mass is 16.4. The molecule has 5 nitrogen and oxygen atoms in total. The number of aromatic carboxylic acids is 1. The van der Waals surface area contributed by atoms with Crippen LogP contribution in [0.1, 0.15) is 16.2 Å². The molecule has 15 heavy (non-hydrogen) atoms. The molecule has 0 aliphatic carbocycles. The highest BCUT2D eigenvalue weighted by Crippen LogP contribution is 2.17. The van der Waals surface area contributed by atoms with E-state index in [1.54, 1.807) is 12.3 Å². The van der Waals surface area contributed by atoms with Gasteiger partial charge in [0.25, 0.3) is 0 Å². The van der Waals surface area contributed by atoms with Crippen molar-refractivity contribution in [3.63, 3.8) is 0 Å². The number of aryl methyl sites for hydroxylation is 1. The minimum absolute atomic E-state index is 0.0828. The van der Waals surface area contributed by atoms with Gasteiger partial charge >= 0.3 is 5.97 Å². The van der Waals surface area contributed by atoms with Crippen LogP contribution in [0.5, 0.6) is 0 Å². The number of aromatic nitrogens is 3. The van der Waals surface area contributed by atoms with Crippen molar-refractivity contribution in [1.82, 2.24) is 15.2 Å². The molecule has 2 aromatic heterocycles. The summed E-state index contributed by atoms with van der Waals surface area (Å²) in [7, 11) is 0. The summed E-state index contributed by atoms with van der Waals surface area (Å²) in [5.74, 6) is -1.01. The number of rotatable bonds is 2. The Morgan fingerprint density at radius 3 is 2.87 bits per heavy atom. The third-order valence-corrected chi connectivity index (χ3v) is 2.00. The highest BCUT2D eigenvalue weighted by molar-refractivity contribution is 5.86. The standard InChI is InChI=1S/C10H9N3O2/c1-6-4-7(2-3-11-6)8-5-9(10(14)15)13-12-8/h2-5H,1H3,(H,12,13)(H,14,15). The third-order valence-electron chi connectivity index (χ3n) is 2.00. The number of carboxylic acids is 1. The van der Waals surface area contributed by atoms with E-state index in [4.69, 9.17) is 5.11 Å². The van der Waals surface area contributed by atoms with Gasteiger partial charge in [0, 0.05) is 17.5 Å². The third kappa shape index (κ3) is 1.85. The van der Waals surface area contributed by atoms with Crippen molar-refractivity contribution in [2.75, 3.05) is 0 Å². The molecule has 2 aromatic rings. The van der Waals surface area contributed by atoms with E-state index in [-0.39, 0.29) is 5.69 Å². The summed E-state index contributed by atoms with van der Waals surface area (Å²) in [6.07, 6.45) is 1.67. The Hall–Kier alpha value is -2.17. The predicted octanol–water partition coefficient (Wildman–Crippen LogP) is 1.48. The zero-order valence-electron chi connectivity index (χ0n) is 8.06. The zero-order chi connectivity index (χ0) is 10.8. The summed E-state index contributed by atoms with van der Waals surface area (Å²) in [4.78, 5) is 14.7. The van der Waals surface area contributed by atoms with E-state index in [9.17, 15) is 4.79 Å². The summed E-state index contributed by atoms with van der Waals surface area (Å²) < 4.78 is 0. The van der Waals surface area contributed by atoms with Gasteiger partial charge in [-0.1, -0.05) is 0 Å². The van der Waals surface area contributed by atoms with Crippen molar-refractivity contribution in [3.05, 3.63) is 35.8 Å². The first-order chi connectivity index (χ1) is 7.16. The lowest BCUT2D eigenvalue weighted by atomic mass is 10.1. The Bertz CT molecular complexity index is 505. The van der Waals surface area contributed by atoms with E-state index in [0.29, 0.717) is 5.69 Å². The van der Waals surface area contributed by atoms with E-state index in [0.717, 1.165) is 11.3 Å². The van der Waals surface area contributed by atoms with Gasteiger partial charge in [-0.15, -0.1) is 0 Å². The van der Waals surface area contributed by atoms with Crippen LogP contribution in [-0.4, -0.2) is 26.3 Å². The van der Waals surface area contributed by atoms with Crippen LogP contribution in [0, 0.1) is 6.92 Å². The number of hydrogen-bond acceptors (Lipinski definition) is 3. The molecule has 2 rings (SSSR count). The molecule has 0 aromatic carbocycles. The lowest BCUT2D eigenvalue weighted by Gasteiger charge is -1.95. The second-order valence-electron chi connectivity index (χ2n) is 3.16. The van der Waals surface area contributed by atoms with Crippen LogP contribution in [0.4, 0.5) is 0 Å². The molecule has 0 amide bonds. The van der Waals surface area contributed by atoms with Gasteiger partial charge in [0.1, 0.15) is 5.69 Å². The van der Waals surface area contributed by atoms with Crippen molar-refractivity contribution in [2.45, 2.75) is 6.92 Å². The lowest BCUT2D eigenvalue weighted by Crippen LogP contribution is -1.95. The summed E-state index contributed by atoms with van der Waals surface area (Å²) in [6.45, 7) is 1.87. The average molecular weight is 203 g/mol. The molecule has 0 fully saturated rings. The SMILES string of the molecule is Cc1cc(-c2cc(C(=O)O)[nH]n2)ccn1. The van der Waals surface area contributed by atoms with Gasteiger partial charge < -0.3 is 5.11 Å². The molecule has 0 saturated carbocycles. The van der Waals surface area contributed by atoms with Gasteiger partial charge in [-0.3, -0.25) is 10.1 Å². The maximum absolute atomic E-state index is 10.6. The molecule has 76 valence electrons. The van der Waals surface area contributed by atoms with Crippen LogP contribution in [0.15, 0.2) is 24.4 Å². The number of hydrogen-bond donors (Lipinski definition) is 2. The minimum Gasteiger partial charge on any atom is -0.477 e. The van der Waals surface area contributed by atoms with Gasteiger partial charge in [-0.25, -0.2) is 4.79 Å². The second kappa shape index (κ2) is 3.53. The fraction of sp³-hybridized carbons (Fsp3) is 0.100. The molecule has 0 aliphatic rings. The number of nitrogens with one attached hydrogen (secondary N) is 1. The summed E-state index contributed by atoms with van der Waals surface area (Å²) >= 11 is 0. The number of aromatic amines is 1. The van der Waals surface area contributed by atoms with Crippen LogP contribution >= 0.6 is 0 Å². The molecule has 2 heterocycles. The quantitative estimate of drug-likeness (QED) is 0.774. The summed E-state index contributed by atoms with van der Waals surface area (Å²) in [6, 6.07) is 5.13. The highest BCUT2D eigenvalue weighted by Gasteiger charge is 2.08. The molecule has 0 bridgehead atoms. The van der Waals surface area contributed by atoms with E-state index in [1.807, 2.05) is 13.0 Å². The van der Waals surface area contributed by atoms with Crippen LogP contribution in [-0.2, 0) is 0 Å². The molecule has 0 aliphatic heterocycles. The van der Waals surface area contributed by atoms with Crippen molar-refractivity contribution >= 4 is 5.97 Å². The number of pyridine rings is 1. The van der Waals surface area contributed by atoms with Gasteiger partial charge in [0.2, 0.25) is 0 Å². The fourth-order valence-electron chi connectivity index (χ4n) is 1.28. The smallest absolute Gasteiger partial charge is 0.353 e. The van der Waals surface area contributed by atoms with E-state index >= 15 is 0 Å². The van der Waals surface area contributed by atoms with Crippen molar-refractivity contribution < 1.29 is 9.90 Å². The Kier molecular flexibility index (Phi) is 2.21. The van der Waals surface area contributed by atoms with Gasteiger partial charge in [0.15, 0.2) is 0 Å². The van der Waals surface area contributed by atoms with Gasteiger partial charge in [-0.05, 0) is 25.1 Å². The normalized spacial score (nSPS) is 10.2. The Morgan fingerprint density at radius 1 is 1.47 bits per heavy atom. The zero-order valence-corrected chi connectivity index (χ0v) is 8.06. The Labute approximate surface area is 85.8 Å². The first-order valence-corrected chi connectivity index (χ1v) is 4.38. The van der Waals surface area contributed by atoms with Crippen LogP contribution in [0.3, 0.4) is 0 Å². The summed E-state index contributed by atoms with van der Waals surface area (Å²) in [5.41, 5.74) is 2.41. The molecule has 0 saturated heterocycles. The first kappa shape index (κ1) is 9.39. The molecule has 0 radical (unpaired) electrons. The molecular formula is C10H9N3O2. The number of nitrogens with zero attached hydrogens (tertiary/aromatic N) is 2. The lowest BCUT2D eigenvalue weighted by molar-refractivity contribution is 0.0690. The molecule has 5 heteroatoms. The fourth-order valence-corrected chi connectivity index (χ4v) is 1.28. The number of carboxylic acid groups (broad SMARTS) is 1. The van der Waals surface area contributed by atoms with Crippen LogP contribution in [0.25, 0.3) is 11.3 Å². The predicted molar refractivity (Wildman–Crippen MR) is 53.5 cm³/mol. The topological polar surface area (TPSA) is 78.9 Å². The van der Waals surface area contributed by atoms with Gasteiger partial charge in [0.05, 0.1) is 5.69 Å². The van der Waals surface area contributed by atoms with E-state index < -0.39 is 5.97 Å². The molecule has 0 atom stereocenters. The molecular weight excluding hydrogens is 194 g/mol. The van der Waals surface area contributed by atoms with E-state index in [2.05, 4.69) is 15.2 Å². The Balaban J connectivity index is 2.41. The van der Waals surface area contributed by atoms with Crippen LogP contribution in [0.2, 0.25) is 0 Å². The van der Waals surface area contributed by atoms with Crippen molar-refractivity contribution in [1.29, 1.82) is 0 Å². The summed E-state index contributed by atoms with van der Waals surface area (Å²) in [5, 5.41) is 15.1. The van der Waals surface area contributed by atoms with Crippen LogP contribution < -0.4 is 0 Å². The number of carbonyl (C=O) groups is 1. The average Bonchev–Trinajstić information content (AvgIpc) is 2.66. The molecule has 0 spiro atoms. The van der Waals surface area contributed by atoms with E-state index in [1.165, 1.54) is 6.07 Å². The first-order valence-electron chi connectivity index (χ1n) is 4.38. The maximum atomic E-state index is 10.6. The van der Waals surface area contributed by atoms with Crippen molar-refractivity contribution in [2.24, 2.45) is 0 Å². The second-order valence-corrected chi connectivity index (χ2v) is 3.16. The largest absolute Gasteiger partial charge is 0.477 e.